The third-order valence-corrected chi connectivity index (χ3v) is 5.86. The van der Waals surface area contributed by atoms with Crippen molar-refractivity contribution in [2.45, 2.75) is 56.8 Å². The summed E-state index contributed by atoms with van der Waals surface area (Å²) in [5, 5.41) is 34.3. The quantitative estimate of drug-likeness (QED) is 0.450. The number of aromatic nitrogens is 2. The molecule has 1 aromatic heterocycles. The first-order valence-electron chi connectivity index (χ1n) is 11.2. The Morgan fingerprint density at radius 3 is 2.43 bits per heavy atom. The minimum atomic E-state index is -1.79. The van der Waals surface area contributed by atoms with E-state index in [2.05, 4.69) is 16.0 Å². The van der Waals surface area contributed by atoms with E-state index in [0.717, 1.165) is 47.4 Å². The van der Waals surface area contributed by atoms with Crippen LogP contribution in [0.2, 0.25) is 0 Å². The van der Waals surface area contributed by atoms with Gasteiger partial charge in [-0.1, -0.05) is 0 Å². The van der Waals surface area contributed by atoms with Crippen LogP contribution in [-0.4, -0.2) is 80.0 Å². The molecular formula is C24H29N3O8. The molecular weight excluding hydrogens is 458 g/mol. The number of ether oxygens (including phenoxy) is 2. The van der Waals surface area contributed by atoms with Gasteiger partial charge in [0.1, 0.15) is 6.33 Å². The summed E-state index contributed by atoms with van der Waals surface area (Å²) in [6, 6.07) is 4.21. The van der Waals surface area contributed by atoms with E-state index in [-0.39, 0.29) is 18.1 Å². The van der Waals surface area contributed by atoms with Gasteiger partial charge < -0.3 is 29.9 Å². The first kappa shape index (κ1) is 26.0. The number of aliphatic hydroxyl groups is 2. The lowest BCUT2D eigenvalue weighted by molar-refractivity contribution is -0.152. The fraction of sp³-hybridized carbons (Fsp3) is 0.458. The number of hydrogen-bond acceptors (Lipinski definition) is 9. The molecule has 2 aromatic rings. The van der Waals surface area contributed by atoms with Crippen molar-refractivity contribution in [2.75, 3.05) is 13.7 Å². The summed E-state index contributed by atoms with van der Waals surface area (Å²) in [7, 11) is 1.64. The number of methoxy groups -OCH3 is 1. The van der Waals surface area contributed by atoms with E-state index < -0.39 is 24.5 Å². The lowest BCUT2D eigenvalue weighted by atomic mass is 9.74. The molecule has 11 heteroatoms. The maximum atomic E-state index is 10.2. The first-order valence-corrected chi connectivity index (χ1v) is 11.2. The molecule has 2 aliphatic rings. The van der Waals surface area contributed by atoms with Crippen LogP contribution >= 0.6 is 0 Å². The molecule has 1 fully saturated rings. The Morgan fingerprint density at radius 1 is 1.14 bits per heavy atom. The van der Waals surface area contributed by atoms with Gasteiger partial charge >= 0.3 is 11.9 Å². The number of carboxylic acid groups (broad SMARTS) is 2. The van der Waals surface area contributed by atoms with E-state index in [0.29, 0.717) is 12.4 Å². The van der Waals surface area contributed by atoms with E-state index in [1.54, 1.807) is 19.5 Å². The van der Waals surface area contributed by atoms with Crippen LogP contribution in [0.15, 0.2) is 35.8 Å². The molecule has 0 bridgehead atoms. The molecule has 1 aliphatic carbocycles. The van der Waals surface area contributed by atoms with Gasteiger partial charge in [0.15, 0.2) is 17.6 Å². The summed E-state index contributed by atoms with van der Waals surface area (Å²) in [6.45, 7) is 2.53. The molecule has 0 saturated heterocycles. The highest BCUT2D eigenvalue weighted by molar-refractivity contribution is 6.14. The molecule has 2 heterocycles. The second-order valence-corrected chi connectivity index (χ2v) is 8.22. The third-order valence-electron chi connectivity index (χ3n) is 5.86. The van der Waals surface area contributed by atoms with E-state index in [9.17, 15) is 14.7 Å². The van der Waals surface area contributed by atoms with Gasteiger partial charge in [0.05, 0.1) is 38.0 Å². The predicted octanol–water partition coefficient (Wildman–Crippen LogP) is 1.64. The lowest BCUT2D eigenvalue weighted by Crippen LogP contribution is -2.34. The Kier molecular flexibility index (Phi) is 8.72. The van der Waals surface area contributed by atoms with Crippen LogP contribution in [-0.2, 0) is 9.59 Å². The van der Waals surface area contributed by atoms with E-state index in [1.807, 2.05) is 13.0 Å². The highest BCUT2D eigenvalue weighted by Crippen LogP contribution is 2.44. The summed E-state index contributed by atoms with van der Waals surface area (Å²) < 4.78 is 11.3. The Bertz CT molecular complexity index is 1080. The molecule has 1 unspecified atom stereocenters. The number of benzene rings is 1. The molecule has 4 atom stereocenters. The number of nitrogens with zero attached hydrogens (tertiary/aromatic N) is 3. The summed E-state index contributed by atoms with van der Waals surface area (Å²) in [5.74, 6) is -1.24. The first-order chi connectivity index (χ1) is 16.7. The lowest BCUT2D eigenvalue weighted by Gasteiger charge is -2.37. The highest BCUT2D eigenvalue weighted by Gasteiger charge is 2.37. The highest BCUT2D eigenvalue weighted by atomic mass is 16.5. The molecule has 1 aliphatic heterocycles. The molecule has 35 heavy (non-hydrogen) atoms. The van der Waals surface area contributed by atoms with Crippen molar-refractivity contribution in [3.05, 3.63) is 47.5 Å². The zero-order valence-electron chi connectivity index (χ0n) is 19.5. The van der Waals surface area contributed by atoms with Gasteiger partial charge in [-0.25, -0.2) is 14.8 Å². The van der Waals surface area contributed by atoms with Crippen molar-refractivity contribution in [1.29, 1.82) is 0 Å². The van der Waals surface area contributed by atoms with Crippen LogP contribution < -0.4 is 9.47 Å². The Hall–Kier alpha value is -3.57. The van der Waals surface area contributed by atoms with Crippen LogP contribution in [0.5, 0.6) is 11.5 Å². The Balaban J connectivity index is 0.000000327. The minimum absolute atomic E-state index is 0.156. The molecule has 1 saturated carbocycles. The summed E-state index contributed by atoms with van der Waals surface area (Å²) in [4.78, 5) is 32.7. The van der Waals surface area contributed by atoms with Crippen molar-refractivity contribution in [3.63, 3.8) is 0 Å². The largest absolute Gasteiger partial charge is 0.493 e. The van der Waals surface area contributed by atoms with Crippen molar-refractivity contribution < 1.29 is 39.5 Å². The second-order valence-electron chi connectivity index (χ2n) is 8.22. The van der Waals surface area contributed by atoms with Crippen LogP contribution in [0.4, 0.5) is 0 Å². The number of carboxylic acids is 2. The number of rotatable bonds is 7. The SMILES string of the molecule is CCOc1cc2c(cc1OC)C(c1cncnc1)=N[C@@H]1CC[C@@H](O)C[C@H]21.O=C(O)CC(O)C(=O)O. The number of hydrogen-bond donors (Lipinski definition) is 4. The number of aliphatic hydroxyl groups excluding tert-OH is 2. The van der Waals surface area contributed by atoms with Gasteiger partial charge in [-0.05, 0) is 43.9 Å². The van der Waals surface area contributed by atoms with Gasteiger partial charge in [0, 0.05) is 29.4 Å². The van der Waals surface area contributed by atoms with Crippen LogP contribution in [0.25, 0.3) is 0 Å². The maximum absolute atomic E-state index is 10.2. The van der Waals surface area contributed by atoms with Crippen molar-refractivity contribution in [2.24, 2.45) is 4.99 Å². The average Bonchev–Trinajstić information content (AvgIpc) is 2.84. The second kappa shape index (κ2) is 11.7. The molecule has 188 valence electrons. The zero-order valence-corrected chi connectivity index (χ0v) is 19.5. The van der Waals surface area contributed by atoms with Gasteiger partial charge in [-0.3, -0.25) is 9.79 Å². The predicted molar refractivity (Wildman–Crippen MR) is 124 cm³/mol. The fourth-order valence-electron chi connectivity index (χ4n) is 4.28. The van der Waals surface area contributed by atoms with E-state index >= 15 is 0 Å². The molecule has 4 rings (SSSR count). The maximum Gasteiger partial charge on any atom is 0.333 e. The van der Waals surface area contributed by atoms with Crippen molar-refractivity contribution in [3.8, 4) is 11.5 Å². The normalized spacial score (nSPS) is 21.3. The van der Waals surface area contributed by atoms with Crippen LogP contribution in [0.1, 0.15) is 55.2 Å². The molecule has 4 N–H and O–H groups in total. The number of carbonyl (C=O) groups is 2. The van der Waals surface area contributed by atoms with E-state index in [4.69, 9.17) is 29.8 Å². The standard InChI is InChI=1S/C20H23N3O3.C4H6O5/c1-3-26-19-7-14-15-6-13(24)4-5-17(15)23-20(12-9-21-11-22-10-12)16(14)8-18(19)25-2;5-2(4(8)9)1-3(6)7/h7-11,13,15,17,24H,3-6H2,1-2H3;2,5H,1H2,(H,6,7)(H,8,9)/t13-,15-,17-;/m1./s1. The summed E-state index contributed by atoms with van der Waals surface area (Å²) >= 11 is 0. The minimum Gasteiger partial charge on any atom is -0.493 e. The molecule has 0 spiro atoms. The molecule has 11 nitrogen and oxygen atoms in total. The van der Waals surface area contributed by atoms with Crippen molar-refractivity contribution >= 4 is 17.7 Å². The molecule has 1 aromatic carbocycles. The van der Waals surface area contributed by atoms with Gasteiger partial charge in [-0.2, -0.15) is 0 Å². The smallest absolute Gasteiger partial charge is 0.333 e. The fourth-order valence-corrected chi connectivity index (χ4v) is 4.28. The topological polar surface area (TPSA) is 172 Å². The molecule has 0 amide bonds. The van der Waals surface area contributed by atoms with Gasteiger partial charge in [0.25, 0.3) is 0 Å². The number of aliphatic imine (C=N–C) groups is 1. The number of aliphatic carboxylic acids is 2. The summed E-state index contributed by atoms with van der Waals surface area (Å²) in [6.07, 6.45) is 4.65. The Labute approximate surface area is 202 Å². The van der Waals surface area contributed by atoms with Crippen LogP contribution in [0, 0.1) is 0 Å². The zero-order chi connectivity index (χ0) is 25.5. The third kappa shape index (κ3) is 6.31. The van der Waals surface area contributed by atoms with Gasteiger partial charge in [0.2, 0.25) is 0 Å². The van der Waals surface area contributed by atoms with Crippen LogP contribution in [0.3, 0.4) is 0 Å². The van der Waals surface area contributed by atoms with Gasteiger partial charge in [-0.15, -0.1) is 0 Å². The summed E-state index contributed by atoms with van der Waals surface area (Å²) in [5.41, 5.74) is 3.95. The Morgan fingerprint density at radius 2 is 1.86 bits per heavy atom. The average molecular weight is 488 g/mol. The monoisotopic (exact) mass is 487 g/mol. The number of fused-ring (bicyclic) bond motifs is 3. The molecule has 0 radical (unpaired) electrons. The van der Waals surface area contributed by atoms with E-state index in [1.165, 1.54) is 6.33 Å². The van der Waals surface area contributed by atoms with Crippen molar-refractivity contribution in [1.82, 2.24) is 9.97 Å².